The molecular weight excluding hydrogens is 499 g/mol. The van der Waals surface area contributed by atoms with Gasteiger partial charge >= 0.3 is 0 Å². The number of fused-ring (bicyclic) bond motifs is 1. The van der Waals surface area contributed by atoms with Crippen LogP contribution in [0.2, 0.25) is 0 Å². The fraction of sp³-hybridized carbons (Fsp3) is 0.476. The average molecular weight is 528 g/mol. The van der Waals surface area contributed by atoms with Crippen LogP contribution in [0.3, 0.4) is 0 Å². The van der Waals surface area contributed by atoms with Crippen molar-refractivity contribution in [3.05, 3.63) is 41.3 Å². The molecule has 0 spiro atoms. The van der Waals surface area contributed by atoms with Gasteiger partial charge < -0.3 is 25.0 Å². The molecule has 2 aliphatic rings. The minimum absolute atomic E-state index is 0. The number of piperidine rings is 1. The van der Waals surface area contributed by atoms with Crippen LogP contribution >= 0.6 is 35.3 Å². The molecule has 1 aromatic heterocycles. The topological polar surface area (TPSA) is 58.1 Å². The zero-order chi connectivity index (χ0) is 19.2. The smallest absolute Gasteiger partial charge is 0.191 e. The molecule has 1 saturated heterocycles. The third kappa shape index (κ3) is 5.69. The van der Waals surface area contributed by atoms with Crippen molar-refractivity contribution in [2.75, 3.05) is 38.3 Å². The third-order valence-corrected chi connectivity index (χ3v) is 6.11. The SMILES string of the molecule is CN=C(NCc1cccc2c1OCCCO2)NC1CCN(c2cccs2)CC1.I. The van der Waals surface area contributed by atoms with Crippen molar-refractivity contribution >= 4 is 46.3 Å². The number of aliphatic imine (C=N–C) groups is 1. The number of nitrogens with one attached hydrogen (secondary N) is 2. The fourth-order valence-electron chi connectivity index (χ4n) is 3.65. The minimum atomic E-state index is 0. The molecule has 0 atom stereocenters. The predicted octanol–water partition coefficient (Wildman–Crippen LogP) is 3.86. The van der Waals surface area contributed by atoms with Crippen LogP contribution in [-0.2, 0) is 6.54 Å². The van der Waals surface area contributed by atoms with Crippen LogP contribution in [0, 0.1) is 0 Å². The number of ether oxygens (including phenoxy) is 2. The first-order chi connectivity index (χ1) is 13.8. The van der Waals surface area contributed by atoms with Gasteiger partial charge in [0.05, 0.1) is 18.2 Å². The molecule has 0 saturated carbocycles. The number of hydrogen-bond acceptors (Lipinski definition) is 5. The summed E-state index contributed by atoms with van der Waals surface area (Å²) >= 11 is 1.81. The second-order valence-corrected chi connectivity index (χ2v) is 8.00. The highest BCUT2D eigenvalue weighted by Gasteiger charge is 2.21. The Hall–Kier alpha value is -1.68. The Kier molecular flexibility index (Phi) is 8.29. The first-order valence-corrected chi connectivity index (χ1v) is 10.8. The van der Waals surface area contributed by atoms with Crippen molar-refractivity contribution in [2.45, 2.75) is 31.8 Å². The van der Waals surface area contributed by atoms with Gasteiger partial charge in [-0.2, -0.15) is 0 Å². The average Bonchev–Trinajstić information content (AvgIpc) is 3.16. The van der Waals surface area contributed by atoms with Crippen LogP contribution in [0.4, 0.5) is 5.00 Å². The zero-order valence-electron chi connectivity index (χ0n) is 16.7. The number of guanidine groups is 1. The Morgan fingerprint density at radius 2 is 2.00 bits per heavy atom. The van der Waals surface area contributed by atoms with Gasteiger partial charge in [0.1, 0.15) is 0 Å². The van der Waals surface area contributed by atoms with E-state index in [0.717, 1.165) is 55.4 Å². The zero-order valence-corrected chi connectivity index (χ0v) is 19.9. The molecule has 0 radical (unpaired) electrons. The molecule has 158 valence electrons. The van der Waals surface area contributed by atoms with E-state index in [1.165, 1.54) is 5.00 Å². The summed E-state index contributed by atoms with van der Waals surface area (Å²) in [6, 6.07) is 10.8. The van der Waals surface area contributed by atoms with Gasteiger partial charge in [-0.3, -0.25) is 4.99 Å². The molecule has 2 N–H and O–H groups in total. The van der Waals surface area contributed by atoms with Crippen LogP contribution in [0.1, 0.15) is 24.8 Å². The van der Waals surface area contributed by atoms with Gasteiger partial charge in [0.2, 0.25) is 0 Å². The van der Waals surface area contributed by atoms with Crippen molar-refractivity contribution < 1.29 is 9.47 Å². The van der Waals surface area contributed by atoms with Crippen LogP contribution in [0.25, 0.3) is 0 Å². The van der Waals surface area contributed by atoms with E-state index >= 15 is 0 Å². The standard InChI is InChI=1S/C21H28N4O2S.HI/c1-22-21(24-17-8-10-25(11-9-17)19-7-3-14-28-19)23-15-16-5-2-6-18-20(16)27-13-4-12-26-18;/h2-3,5-7,14,17H,4,8-13,15H2,1H3,(H2,22,23,24);1H. The lowest BCUT2D eigenvalue weighted by atomic mass is 10.1. The lowest BCUT2D eigenvalue weighted by molar-refractivity contribution is 0.296. The molecule has 0 amide bonds. The van der Waals surface area contributed by atoms with Gasteiger partial charge in [-0.05, 0) is 36.4 Å². The fourth-order valence-corrected chi connectivity index (χ4v) is 4.44. The Morgan fingerprint density at radius 1 is 1.17 bits per heavy atom. The maximum absolute atomic E-state index is 5.91. The van der Waals surface area contributed by atoms with E-state index in [-0.39, 0.29) is 24.0 Å². The van der Waals surface area contributed by atoms with E-state index < -0.39 is 0 Å². The Bertz CT molecular complexity index is 792. The second kappa shape index (κ2) is 10.9. The van der Waals surface area contributed by atoms with Crippen LogP contribution < -0.4 is 25.0 Å². The monoisotopic (exact) mass is 528 g/mol. The highest BCUT2D eigenvalue weighted by Crippen LogP contribution is 2.33. The number of anilines is 1. The number of hydrogen-bond donors (Lipinski definition) is 2. The Morgan fingerprint density at radius 3 is 2.76 bits per heavy atom. The van der Waals surface area contributed by atoms with E-state index in [1.807, 2.05) is 30.5 Å². The van der Waals surface area contributed by atoms with Gasteiger partial charge in [0.15, 0.2) is 17.5 Å². The van der Waals surface area contributed by atoms with Crippen molar-refractivity contribution in [3.63, 3.8) is 0 Å². The van der Waals surface area contributed by atoms with E-state index in [0.29, 0.717) is 25.8 Å². The van der Waals surface area contributed by atoms with Gasteiger partial charge in [-0.15, -0.1) is 35.3 Å². The molecule has 0 bridgehead atoms. The molecule has 4 rings (SSSR count). The van der Waals surface area contributed by atoms with Crippen molar-refractivity contribution in [1.82, 2.24) is 10.6 Å². The van der Waals surface area contributed by atoms with E-state index in [9.17, 15) is 0 Å². The number of halogens is 1. The van der Waals surface area contributed by atoms with E-state index in [4.69, 9.17) is 9.47 Å². The Labute approximate surface area is 193 Å². The molecule has 3 heterocycles. The summed E-state index contributed by atoms with van der Waals surface area (Å²) in [5.74, 6) is 2.52. The van der Waals surface area contributed by atoms with E-state index in [2.05, 4.69) is 44.1 Å². The van der Waals surface area contributed by atoms with E-state index in [1.54, 1.807) is 0 Å². The molecule has 0 aliphatic carbocycles. The lowest BCUT2D eigenvalue weighted by Gasteiger charge is -2.33. The Balaban J connectivity index is 0.00000240. The molecule has 2 aromatic rings. The summed E-state index contributed by atoms with van der Waals surface area (Å²) in [6.07, 6.45) is 3.13. The molecule has 1 aromatic carbocycles. The molecular formula is C21H29IN4O2S. The number of nitrogens with zero attached hydrogens (tertiary/aromatic N) is 2. The first-order valence-electron chi connectivity index (χ1n) is 9.96. The second-order valence-electron chi connectivity index (χ2n) is 7.08. The van der Waals surface area contributed by atoms with Crippen LogP contribution in [0.15, 0.2) is 40.7 Å². The van der Waals surface area contributed by atoms with Crippen LogP contribution in [-0.4, -0.2) is 45.4 Å². The van der Waals surface area contributed by atoms with Gasteiger partial charge in [0.25, 0.3) is 0 Å². The van der Waals surface area contributed by atoms with Gasteiger partial charge in [0, 0.05) is 44.7 Å². The number of para-hydroxylation sites is 1. The molecule has 6 nitrogen and oxygen atoms in total. The number of thiophene rings is 1. The number of rotatable bonds is 4. The lowest BCUT2D eigenvalue weighted by Crippen LogP contribution is -2.48. The first kappa shape index (κ1) is 22.0. The summed E-state index contributed by atoms with van der Waals surface area (Å²) in [5, 5.41) is 10.5. The molecule has 8 heteroatoms. The highest BCUT2D eigenvalue weighted by atomic mass is 127. The summed E-state index contributed by atoms with van der Waals surface area (Å²) < 4.78 is 11.7. The van der Waals surface area contributed by atoms with Crippen LogP contribution in [0.5, 0.6) is 11.5 Å². The number of benzene rings is 1. The largest absolute Gasteiger partial charge is 0.490 e. The predicted molar refractivity (Wildman–Crippen MR) is 130 cm³/mol. The third-order valence-electron chi connectivity index (χ3n) is 5.18. The quantitative estimate of drug-likeness (QED) is 0.359. The molecule has 29 heavy (non-hydrogen) atoms. The van der Waals surface area contributed by atoms with Crippen molar-refractivity contribution in [2.24, 2.45) is 4.99 Å². The van der Waals surface area contributed by atoms with Gasteiger partial charge in [-0.1, -0.05) is 12.1 Å². The summed E-state index contributed by atoms with van der Waals surface area (Å²) in [7, 11) is 1.82. The van der Waals surface area contributed by atoms with Gasteiger partial charge in [-0.25, -0.2) is 0 Å². The molecule has 0 unspecified atom stereocenters. The highest BCUT2D eigenvalue weighted by molar-refractivity contribution is 14.0. The maximum atomic E-state index is 5.91. The summed E-state index contributed by atoms with van der Waals surface area (Å²) in [5.41, 5.74) is 1.09. The van der Waals surface area contributed by atoms with Crippen molar-refractivity contribution in [3.8, 4) is 11.5 Å². The molecule has 2 aliphatic heterocycles. The molecule has 1 fully saturated rings. The van der Waals surface area contributed by atoms with Crippen molar-refractivity contribution in [1.29, 1.82) is 0 Å². The summed E-state index contributed by atoms with van der Waals surface area (Å²) in [6.45, 7) is 4.20. The summed E-state index contributed by atoms with van der Waals surface area (Å²) in [4.78, 5) is 6.88. The normalized spacial score (nSPS) is 17.3. The minimum Gasteiger partial charge on any atom is -0.490 e. The maximum Gasteiger partial charge on any atom is 0.191 e.